The Morgan fingerprint density at radius 3 is 2.50 bits per heavy atom. The second kappa shape index (κ2) is 12.3. The number of hydrogen-bond donors (Lipinski definition) is 1. The van der Waals surface area contributed by atoms with Gasteiger partial charge >= 0.3 is 0 Å². The van der Waals surface area contributed by atoms with Crippen LogP contribution in [0.15, 0.2) is 70.0 Å². The van der Waals surface area contributed by atoms with Crippen molar-refractivity contribution in [1.82, 2.24) is 4.90 Å². The van der Waals surface area contributed by atoms with Crippen LogP contribution in [0.3, 0.4) is 0 Å². The summed E-state index contributed by atoms with van der Waals surface area (Å²) in [6.45, 7) is 6.14. The Morgan fingerprint density at radius 2 is 1.79 bits per heavy atom. The molecule has 1 N–H and O–H groups in total. The average Bonchev–Trinajstić information content (AvgIpc) is 3.12. The van der Waals surface area contributed by atoms with E-state index in [9.17, 15) is 14.4 Å². The topological polar surface area (TPSA) is 84.9 Å². The number of nitrogens with zero attached hydrogens (tertiary/aromatic N) is 1. The summed E-state index contributed by atoms with van der Waals surface area (Å²) in [6.07, 6.45) is 1.65. The van der Waals surface area contributed by atoms with E-state index in [2.05, 4.69) is 21.2 Å². The van der Waals surface area contributed by atoms with Crippen molar-refractivity contribution in [1.29, 1.82) is 0 Å². The van der Waals surface area contributed by atoms with Crippen molar-refractivity contribution in [3.05, 3.63) is 92.3 Å². The van der Waals surface area contributed by atoms with E-state index in [1.54, 1.807) is 18.2 Å². The molecule has 0 radical (unpaired) electrons. The van der Waals surface area contributed by atoms with Crippen molar-refractivity contribution in [3.8, 4) is 11.5 Å². The molecule has 0 aromatic heterocycles. The zero-order valence-electron chi connectivity index (χ0n) is 21.2. The van der Waals surface area contributed by atoms with Gasteiger partial charge in [0.05, 0.1) is 22.5 Å². The summed E-state index contributed by atoms with van der Waals surface area (Å²) in [4.78, 5) is 39.6. The van der Waals surface area contributed by atoms with Crippen molar-refractivity contribution in [3.63, 3.8) is 0 Å². The third-order valence-electron chi connectivity index (χ3n) is 5.61. The first-order chi connectivity index (χ1) is 18.2. The standard InChI is InChI=1S/C29H27BrN2O5S/c1-4-36-24-14-21(13-23(30)27(24)37-17-26(33)31-22-7-5-6-19(3)12-22)15-25-28(34)32(29(35)38-25)16-20-10-8-18(2)9-11-20/h5-15H,4,16-17H2,1-3H3,(H,31,33)/b25-15-. The lowest BCUT2D eigenvalue weighted by Gasteiger charge is -2.15. The highest BCUT2D eigenvalue weighted by Gasteiger charge is 2.35. The number of ether oxygens (including phenoxy) is 2. The van der Waals surface area contributed by atoms with E-state index < -0.39 is 0 Å². The SMILES string of the molecule is CCOc1cc(/C=C2\SC(=O)N(Cc3ccc(C)cc3)C2=O)cc(Br)c1OCC(=O)Nc1cccc(C)c1. The first-order valence-electron chi connectivity index (χ1n) is 12.0. The van der Waals surface area contributed by atoms with Crippen LogP contribution in [0, 0.1) is 13.8 Å². The van der Waals surface area contributed by atoms with Gasteiger partial charge in [0.2, 0.25) is 0 Å². The molecule has 38 heavy (non-hydrogen) atoms. The van der Waals surface area contributed by atoms with Gasteiger partial charge in [-0.15, -0.1) is 0 Å². The fraction of sp³-hybridized carbons (Fsp3) is 0.207. The number of benzene rings is 3. The highest BCUT2D eigenvalue weighted by Crippen LogP contribution is 2.39. The van der Waals surface area contributed by atoms with Crippen LogP contribution in [0.1, 0.15) is 29.2 Å². The third-order valence-corrected chi connectivity index (χ3v) is 7.11. The van der Waals surface area contributed by atoms with E-state index >= 15 is 0 Å². The van der Waals surface area contributed by atoms with Gasteiger partial charge in [-0.3, -0.25) is 19.3 Å². The Hall–Kier alpha value is -3.56. The zero-order chi connectivity index (χ0) is 27.2. The van der Waals surface area contributed by atoms with Crippen LogP contribution in [0.25, 0.3) is 6.08 Å². The molecule has 1 aliphatic rings. The van der Waals surface area contributed by atoms with Gasteiger partial charge in [-0.1, -0.05) is 42.0 Å². The van der Waals surface area contributed by atoms with Crippen molar-refractivity contribution < 1.29 is 23.9 Å². The summed E-state index contributed by atoms with van der Waals surface area (Å²) in [5.41, 5.74) is 4.37. The van der Waals surface area contributed by atoms with Crippen molar-refractivity contribution >= 4 is 56.5 Å². The number of anilines is 1. The first kappa shape index (κ1) is 27.5. The van der Waals surface area contributed by atoms with Crippen molar-refractivity contribution in [2.75, 3.05) is 18.5 Å². The summed E-state index contributed by atoms with van der Waals surface area (Å²) < 4.78 is 12.1. The van der Waals surface area contributed by atoms with Crippen LogP contribution in [0.5, 0.6) is 11.5 Å². The molecule has 1 heterocycles. The maximum atomic E-state index is 13.0. The first-order valence-corrected chi connectivity index (χ1v) is 13.6. The summed E-state index contributed by atoms with van der Waals surface area (Å²) in [6, 6.07) is 18.7. The summed E-state index contributed by atoms with van der Waals surface area (Å²) >= 11 is 4.40. The minimum absolute atomic E-state index is 0.216. The van der Waals surface area contributed by atoms with Crippen LogP contribution >= 0.6 is 27.7 Å². The van der Waals surface area contributed by atoms with E-state index in [0.717, 1.165) is 28.5 Å². The molecule has 0 unspecified atom stereocenters. The summed E-state index contributed by atoms with van der Waals surface area (Å²) in [5, 5.41) is 2.50. The number of halogens is 1. The molecular formula is C29H27BrN2O5S. The summed E-state index contributed by atoms with van der Waals surface area (Å²) in [7, 11) is 0. The lowest BCUT2D eigenvalue weighted by atomic mass is 10.1. The van der Waals surface area contributed by atoms with Crippen molar-refractivity contribution in [2.24, 2.45) is 0 Å². The Kier molecular flexibility index (Phi) is 8.91. The molecule has 0 spiro atoms. The quantitative estimate of drug-likeness (QED) is 0.277. The number of amides is 3. The molecule has 4 rings (SSSR count). The molecule has 9 heteroatoms. The molecule has 1 saturated heterocycles. The van der Waals surface area contributed by atoms with Gasteiger partial charge in [-0.05, 0) is 95.5 Å². The molecule has 0 atom stereocenters. The van der Waals surface area contributed by atoms with Crippen LogP contribution in [0.4, 0.5) is 10.5 Å². The lowest BCUT2D eigenvalue weighted by molar-refractivity contribution is -0.123. The smallest absolute Gasteiger partial charge is 0.293 e. The predicted octanol–water partition coefficient (Wildman–Crippen LogP) is 6.72. The monoisotopic (exact) mass is 594 g/mol. The van der Waals surface area contributed by atoms with Crippen LogP contribution < -0.4 is 14.8 Å². The molecule has 0 aliphatic carbocycles. The molecule has 3 aromatic rings. The van der Waals surface area contributed by atoms with Gasteiger partial charge in [0.1, 0.15) is 0 Å². The molecule has 0 saturated carbocycles. The Labute approximate surface area is 234 Å². The van der Waals surface area contributed by atoms with Crippen LogP contribution in [-0.2, 0) is 16.1 Å². The second-order valence-electron chi connectivity index (χ2n) is 8.72. The maximum absolute atomic E-state index is 13.0. The molecule has 1 aliphatic heterocycles. The van der Waals surface area contributed by atoms with Gasteiger partial charge in [-0.25, -0.2) is 0 Å². The third kappa shape index (κ3) is 6.85. The normalized spacial score (nSPS) is 14.2. The fourth-order valence-corrected chi connectivity index (χ4v) is 5.21. The maximum Gasteiger partial charge on any atom is 0.293 e. The van der Waals surface area contributed by atoms with E-state index in [-0.39, 0.29) is 30.2 Å². The molecule has 0 bridgehead atoms. The van der Waals surface area contributed by atoms with Crippen molar-refractivity contribution in [2.45, 2.75) is 27.3 Å². The number of hydrogen-bond acceptors (Lipinski definition) is 6. The van der Waals surface area contributed by atoms with Gasteiger partial charge in [0.15, 0.2) is 18.1 Å². The molecular weight excluding hydrogens is 568 g/mol. The Bertz CT molecular complexity index is 1400. The van der Waals surface area contributed by atoms with E-state index in [1.807, 2.05) is 69.3 Å². The van der Waals surface area contributed by atoms with Crippen LogP contribution in [-0.4, -0.2) is 35.2 Å². The number of nitrogens with one attached hydrogen (secondary N) is 1. The largest absolute Gasteiger partial charge is 0.490 e. The fourth-order valence-electron chi connectivity index (χ4n) is 3.80. The zero-order valence-corrected chi connectivity index (χ0v) is 23.6. The lowest BCUT2D eigenvalue weighted by Crippen LogP contribution is -2.27. The number of carbonyl (C=O) groups is 3. The number of imide groups is 1. The van der Waals surface area contributed by atoms with E-state index in [1.165, 1.54) is 4.90 Å². The van der Waals surface area contributed by atoms with Gasteiger partial charge in [0.25, 0.3) is 17.1 Å². The van der Waals surface area contributed by atoms with Gasteiger partial charge in [0, 0.05) is 5.69 Å². The second-order valence-corrected chi connectivity index (χ2v) is 10.6. The van der Waals surface area contributed by atoms with Crippen LogP contribution in [0.2, 0.25) is 0 Å². The van der Waals surface area contributed by atoms with Gasteiger partial charge in [-0.2, -0.15) is 0 Å². The predicted molar refractivity (Wildman–Crippen MR) is 153 cm³/mol. The molecule has 3 aromatic carbocycles. The minimum Gasteiger partial charge on any atom is -0.490 e. The highest BCUT2D eigenvalue weighted by atomic mass is 79.9. The minimum atomic E-state index is -0.345. The molecule has 196 valence electrons. The van der Waals surface area contributed by atoms with E-state index in [4.69, 9.17) is 9.47 Å². The number of aryl methyl sites for hydroxylation is 2. The number of carbonyl (C=O) groups excluding carboxylic acids is 3. The molecule has 7 nitrogen and oxygen atoms in total. The number of rotatable bonds is 9. The summed E-state index contributed by atoms with van der Waals surface area (Å²) in [5.74, 6) is 0.130. The van der Waals surface area contributed by atoms with Gasteiger partial charge < -0.3 is 14.8 Å². The average molecular weight is 596 g/mol. The highest BCUT2D eigenvalue weighted by molar-refractivity contribution is 9.10. The molecule has 3 amide bonds. The Morgan fingerprint density at radius 1 is 1.03 bits per heavy atom. The Balaban J connectivity index is 1.48. The van der Waals surface area contributed by atoms with E-state index in [0.29, 0.717) is 38.7 Å². The number of thioether (sulfide) groups is 1. The molecule has 1 fully saturated rings.